The largest absolute Gasteiger partial charge is 0.504 e. The van der Waals surface area contributed by atoms with Gasteiger partial charge in [-0.05, 0) is 62.6 Å². The Balaban J connectivity index is 0.00000130. The number of benzene rings is 1. The number of carboxylic acids is 1. The van der Waals surface area contributed by atoms with Crippen LogP contribution in [0.1, 0.15) is 49.7 Å². The van der Waals surface area contributed by atoms with Crippen LogP contribution in [0.3, 0.4) is 0 Å². The van der Waals surface area contributed by atoms with Crippen molar-refractivity contribution in [1.29, 1.82) is 0 Å². The molecular weight excluding hydrogens is 467 g/mol. The summed E-state index contributed by atoms with van der Waals surface area (Å²) in [7, 11) is 1.86. The standard InChI is InChI=1S/C24H32N2O5.2ClH/c1-30-24-8-6-16(25-10-7-19(28)29)22-23(24)9-11-26(13-14-2-3-14)18(24)12-15-4-5-17(27)21(31-22)20(15)23;;/h4-5,14,16,18,22,25,27H,2-3,6-13H2,1H3,(H,28,29);2*1H/t16-,18+,22-,23-,24+;;/m0../s1. The fourth-order valence-electron chi connectivity index (χ4n) is 7.44. The van der Waals surface area contributed by atoms with Crippen molar-refractivity contribution in [3.05, 3.63) is 23.3 Å². The second-order valence-corrected chi connectivity index (χ2v) is 10.2. The summed E-state index contributed by atoms with van der Waals surface area (Å²) in [5, 5.41) is 23.3. The molecule has 2 heterocycles. The summed E-state index contributed by atoms with van der Waals surface area (Å²) in [4.78, 5) is 13.7. The molecule has 5 atom stereocenters. The number of carbonyl (C=O) groups is 1. The zero-order valence-electron chi connectivity index (χ0n) is 18.9. The number of hydrogen-bond donors (Lipinski definition) is 3. The molecule has 0 aromatic heterocycles. The maximum Gasteiger partial charge on any atom is 0.304 e. The lowest BCUT2D eigenvalue weighted by molar-refractivity contribution is -0.207. The Kier molecular flexibility index (Phi) is 6.60. The number of likely N-dealkylation sites (tertiary alicyclic amines) is 1. The topological polar surface area (TPSA) is 91.3 Å². The van der Waals surface area contributed by atoms with Crippen LogP contribution < -0.4 is 10.1 Å². The number of carboxylic acid groups (broad SMARTS) is 1. The van der Waals surface area contributed by atoms with Gasteiger partial charge >= 0.3 is 5.97 Å². The van der Waals surface area contributed by atoms with Crippen molar-refractivity contribution in [2.45, 2.75) is 74.1 Å². The van der Waals surface area contributed by atoms with E-state index in [9.17, 15) is 9.90 Å². The van der Waals surface area contributed by atoms with Crippen LogP contribution in [0, 0.1) is 5.92 Å². The first-order chi connectivity index (χ1) is 15.0. The molecule has 33 heavy (non-hydrogen) atoms. The molecule has 2 aliphatic heterocycles. The van der Waals surface area contributed by atoms with Gasteiger partial charge in [-0.1, -0.05) is 6.07 Å². The zero-order chi connectivity index (χ0) is 21.4. The highest BCUT2D eigenvalue weighted by Crippen LogP contribution is 2.66. The minimum absolute atomic E-state index is 0. The Labute approximate surface area is 207 Å². The number of nitrogens with one attached hydrogen (secondary N) is 1. The Morgan fingerprint density at radius 2 is 2.06 bits per heavy atom. The number of nitrogens with zero attached hydrogens (tertiary/aromatic N) is 1. The van der Waals surface area contributed by atoms with Gasteiger partial charge in [0, 0.05) is 37.8 Å². The first-order valence-corrected chi connectivity index (χ1v) is 11.8. The molecule has 5 aliphatic rings. The van der Waals surface area contributed by atoms with E-state index in [4.69, 9.17) is 14.6 Å². The van der Waals surface area contributed by atoms with E-state index in [1.807, 2.05) is 7.11 Å². The van der Waals surface area contributed by atoms with Crippen LogP contribution >= 0.6 is 24.8 Å². The van der Waals surface area contributed by atoms with Crippen LogP contribution in [-0.2, 0) is 21.4 Å². The maximum atomic E-state index is 11.1. The van der Waals surface area contributed by atoms with Crippen molar-refractivity contribution >= 4 is 30.8 Å². The number of aliphatic carboxylic acids is 1. The van der Waals surface area contributed by atoms with Crippen molar-refractivity contribution in [1.82, 2.24) is 10.2 Å². The van der Waals surface area contributed by atoms with Crippen LogP contribution in [-0.4, -0.2) is 71.6 Å². The Morgan fingerprint density at radius 1 is 1.27 bits per heavy atom. The minimum atomic E-state index is -0.797. The summed E-state index contributed by atoms with van der Waals surface area (Å²) in [6.07, 6.45) is 6.25. The molecule has 0 radical (unpaired) electrons. The van der Waals surface area contributed by atoms with Crippen LogP contribution in [0.25, 0.3) is 0 Å². The van der Waals surface area contributed by atoms with Gasteiger partial charge in [0.15, 0.2) is 11.5 Å². The van der Waals surface area contributed by atoms with Crippen LogP contribution in [0.4, 0.5) is 0 Å². The number of phenols is 1. The number of phenolic OH excluding ortho intramolecular Hbond substituents is 1. The molecule has 1 spiro atoms. The van der Waals surface area contributed by atoms with Gasteiger partial charge in [-0.25, -0.2) is 0 Å². The Morgan fingerprint density at radius 3 is 2.76 bits per heavy atom. The third kappa shape index (κ3) is 3.38. The van der Waals surface area contributed by atoms with E-state index in [-0.39, 0.29) is 60.1 Å². The summed E-state index contributed by atoms with van der Waals surface area (Å²) >= 11 is 0. The average molecular weight is 501 g/mol. The number of aromatic hydroxyl groups is 1. The maximum absolute atomic E-state index is 11.1. The fourth-order valence-corrected chi connectivity index (χ4v) is 7.44. The predicted octanol–water partition coefficient (Wildman–Crippen LogP) is 2.89. The second kappa shape index (κ2) is 8.76. The highest BCUT2D eigenvalue weighted by Gasteiger charge is 2.73. The van der Waals surface area contributed by atoms with E-state index in [0.29, 0.717) is 18.3 Å². The monoisotopic (exact) mass is 500 g/mol. The molecule has 2 bridgehead atoms. The molecule has 0 unspecified atom stereocenters. The molecule has 7 nitrogen and oxygen atoms in total. The van der Waals surface area contributed by atoms with Gasteiger partial charge in [0.1, 0.15) is 6.10 Å². The third-order valence-electron chi connectivity index (χ3n) is 8.83. The predicted molar refractivity (Wildman–Crippen MR) is 128 cm³/mol. The molecule has 3 N–H and O–H groups in total. The van der Waals surface area contributed by atoms with E-state index in [2.05, 4.69) is 16.3 Å². The van der Waals surface area contributed by atoms with E-state index < -0.39 is 5.97 Å². The van der Waals surface area contributed by atoms with Gasteiger partial charge in [0.2, 0.25) is 0 Å². The zero-order valence-corrected chi connectivity index (χ0v) is 20.6. The number of halogens is 2. The summed E-state index contributed by atoms with van der Waals surface area (Å²) in [5.41, 5.74) is 1.78. The highest BCUT2D eigenvalue weighted by molar-refractivity contribution is 5.85. The van der Waals surface area contributed by atoms with E-state index in [1.165, 1.54) is 18.4 Å². The van der Waals surface area contributed by atoms with Gasteiger partial charge in [-0.15, -0.1) is 24.8 Å². The average Bonchev–Trinajstić information content (AvgIpc) is 3.49. The van der Waals surface area contributed by atoms with Crippen molar-refractivity contribution in [3.8, 4) is 11.5 Å². The SMILES string of the molecule is CO[C@@]12CC[C@H](NCCC(=O)O)[C@@H]3Oc4c(O)ccc5c4[C@@]31CCN(CC1CC1)[C@@H]2C5.Cl.Cl. The molecule has 1 aromatic carbocycles. The smallest absolute Gasteiger partial charge is 0.304 e. The quantitative estimate of drug-likeness (QED) is 0.529. The fraction of sp³-hybridized carbons (Fsp3) is 0.708. The van der Waals surface area contributed by atoms with E-state index >= 15 is 0 Å². The first-order valence-electron chi connectivity index (χ1n) is 11.8. The molecular formula is C24H34Cl2N2O5. The van der Waals surface area contributed by atoms with Crippen LogP contribution in [0.15, 0.2) is 12.1 Å². The summed E-state index contributed by atoms with van der Waals surface area (Å²) < 4.78 is 13.1. The molecule has 3 fully saturated rings. The molecule has 184 valence electrons. The summed E-state index contributed by atoms with van der Waals surface area (Å²) in [6.45, 7) is 2.59. The van der Waals surface area contributed by atoms with Gasteiger partial charge in [-0.2, -0.15) is 0 Å². The molecule has 2 saturated carbocycles. The number of methoxy groups -OCH3 is 1. The normalized spacial score (nSPS) is 35.6. The lowest BCUT2D eigenvalue weighted by Crippen LogP contribution is -2.78. The molecule has 1 saturated heterocycles. The van der Waals surface area contributed by atoms with Gasteiger partial charge in [0.05, 0.1) is 17.4 Å². The van der Waals surface area contributed by atoms with Gasteiger partial charge < -0.3 is 25.0 Å². The van der Waals surface area contributed by atoms with Crippen molar-refractivity contribution in [2.24, 2.45) is 5.92 Å². The number of ether oxygens (including phenoxy) is 2. The Bertz CT molecular complexity index is 928. The highest BCUT2D eigenvalue weighted by atomic mass is 35.5. The minimum Gasteiger partial charge on any atom is -0.504 e. The number of hydrogen-bond acceptors (Lipinski definition) is 6. The molecule has 0 amide bonds. The molecule has 1 aromatic rings. The van der Waals surface area contributed by atoms with Crippen molar-refractivity contribution in [3.63, 3.8) is 0 Å². The summed E-state index contributed by atoms with van der Waals surface area (Å²) in [5.74, 6) is 0.861. The first kappa shape index (κ1) is 24.9. The van der Waals surface area contributed by atoms with Crippen LogP contribution in [0.5, 0.6) is 11.5 Å². The number of piperidine rings is 1. The molecule has 3 aliphatic carbocycles. The van der Waals surface area contributed by atoms with Crippen molar-refractivity contribution < 1.29 is 24.5 Å². The van der Waals surface area contributed by atoms with E-state index in [1.54, 1.807) is 6.07 Å². The second-order valence-electron chi connectivity index (χ2n) is 10.2. The van der Waals surface area contributed by atoms with Gasteiger partial charge in [0.25, 0.3) is 0 Å². The lowest BCUT2D eigenvalue weighted by Gasteiger charge is -2.65. The van der Waals surface area contributed by atoms with E-state index in [0.717, 1.165) is 50.3 Å². The molecule has 9 heteroatoms. The van der Waals surface area contributed by atoms with Crippen molar-refractivity contribution in [2.75, 3.05) is 26.7 Å². The summed E-state index contributed by atoms with van der Waals surface area (Å²) in [6, 6.07) is 4.20. The Hall–Kier alpha value is -1.25. The molecule has 6 rings (SSSR count). The van der Waals surface area contributed by atoms with Crippen LogP contribution in [0.2, 0.25) is 0 Å². The lowest BCUT2D eigenvalue weighted by atomic mass is 9.48. The third-order valence-corrected chi connectivity index (χ3v) is 8.83. The number of rotatable bonds is 7. The van der Waals surface area contributed by atoms with Gasteiger partial charge in [-0.3, -0.25) is 9.69 Å².